The first kappa shape index (κ1) is 21.4. The molecule has 1 aromatic carbocycles. The smallest absolute Gasteiger partial charge is 0.371 e. The maximum absolute atomic E-state index is 13.0. The zero-order valence-electron chi connectivity index (χ0n) is 17.0. The number of anilines is 1. The lowest BCUT2D eigenvalue weighted by Gasteiger charge is -2.29. The van der Waals surface area contributed by atoms with Crippen LogP contribution in [0.3, 0.4) is 0 Å². The molecule has 2 N–H and O–H groups in total. The number of likely N-dealkylation sites (N-methyl/N-ethyl adjacent to an activating group) is 1. The number of aromatic amines is 1. The lowest BCUT2D eigenvalue weighted by molar-refractivity contribution is -0.163. The molecule has 10 heteroatoms. The highest BCUT2D eigenvalue weighted by atomic mass is 19.4. The average Bonchev–Trinajstić information content (AvgIpc) is 3.13. The number of benzene rings is 1. The van der Waals surface area contributed by atoms with Crippen molar-refractivity contribution in [2.75, 3.05) is 11.9 Å². The van der Waals surface area contributed by atoms with Gasteiger partial charge in [0.05, 0.1) is 24.8 Å². The number of carbonyl (C=O) groups excluding carboxylic acids is 2. The highest BCUT2D eigenvalue weighted by molar-refractivity contribution is 6.02. The van der Waals surface area contributed by atoms with Crippen molar-refractivity contribution < 1.29 is 27.5 Å². The van der Waals surface area contributed by atoms with E-state index in [1.54, 1.807) is 7.05 Å². The number of H-pyrrole nitrogens is 1. The van der Waals surface area contributed by atoms with Gasteiger partial charge in [-0.15, -0.1) is 0 Å². The number of para-hydroxylation sites is 1. The normalized spacial score (nSPS) is 21.7. The van der Waals surface area contributed by atoms with Crippen molar-refractivity contribution in [1.82, 2.24) is 15.5 Å². The molecule has 0 radical (unpaired) electrons. The monoisotopic (exact) mass is 436 g/mol. The minimum Gasteiger partial charge on any atom is -0.371 e. The Morgan fingerprint density at radius 3 is 2.90 bits per heavy atom. The van der Waals surface area contributed by atoms with Gasteiger partial charge in [-0.05, 0) is 30.9 Å². The molecule has 2 aliphatic rings. The fourth-order valence-electron chi connectivity index (χ4n) is 4.19. The third kappa shape index (κ3) is 4.58. The Labute approximate surface area is 176 Å². The topological polar surface area (TPSA) is 87.3 Å². The van der Waals surface area contributed by atoms with E-state index in [4.69, 9.17) is 4.74 Å². The van der Waals surface area contributed by atoms with E-state index in [1.807, 2.05) is 24.3 Å². The number of nitrogens with one attached hydrogen (secondary N) is 2. The Balaban J connectivity index is 1.49. The standard InChI is InChI=1S/C21H23F3N4O3/c1-28-17-8-3-2-5-12(17)6-4-7-15(20(28)30)25-19(29)18-14-9-13(10-21(22,23)24)31-11-16(14)26-27-18/h2-3,5,8,13,15H,4,6-7,9-11H2,1H3,(H,25,29)(H,26,27)/t13?,15-/m0/s1. The van der Waals surface area contributed by atoms with E-state index in [0.29, 0.717) is 24.1 Å². The molecule has 0 saturated carbocycles. The van der Waals surface area contributed by atoms with E-state index < -0.39 is 30.7 Å². The van der Waals surface area contributed by atoms with Gasteiger partial charge in [0.2, 0.25) is 5.91 Å². The summed E-state index contributed by atoms with van der Waals surface area (Å²) in [5.74, 6) is -0.825. The van der Waals surface area contributed by atoms with Gasteiger partial charge in [-0.3, -0.25) is 14.7 Å². The van der Waals surface area contributed by atoms with E-state index >= 15 is 0 Å². The van der Waals surface area contributed by atoms with Gasteiger partial charge in [-0.1, -0.05) is 18.2 Å². The van der Waals surface area contributed by atoms with Crippen molar-refractivity contribution in [1.29, 1.82) is 0 Å². The number of carbonyl (C=O) groups is 2. The maximum Gasteiger partial charge on any atom is 0.391 e. The number of rotatable bonds is 3. The second kappa shape index (κ2) is 8.33. The second-order valence-electron chi connectivity index (χ2n) is 7.93. The van der Waals surface area contributed by atoms with Crippen molar-refractivity contribution >= 4 is 17.5 Å². The largest absolute Gasteiger partial charge is 0.391 e. The predicted molar refractivity (Wildman–Crippen MR) is 106 cm³/mol. The summed E-state index contributed by atoms with van der Waals surface area (Å²) in [5.41, 5.74) is 2.79. The summed E-state index contributed by atoms with van der Waals surface area (Å²) in [7, 11) is 1.67. The molecule has 31 heavy (non-hydrogen) atoms. The molecule has 4 rings (SSSR count). The Hall–Kier alpha value is -2.88. The molecule has 2 aliphatic heterocycles. The van der Waals surface area contributed by atoms with Gasteiger partial charge in [0.1, 0.15) is 6.04 Å². The van der Waals surface area contributed by atoms with Gasteiger partial charge < -0.3 is 15.0 Å². The van der Waals surface area contributed by atoms with Crippen molar-refractivity contribution in [3.63, 3.8) is 0 Å². The number of hydrogen-bond donors (Lipinski definition) is 2. The number of aryl methyl sites for hydroxylation is 1. The van der Waals surface area contributed by atoms with Crippen LogP contribution in [0.25, 0.3) is 0 Å². The summed E-state index contributed by atoms with van der Waals surface area (Å²) >= 11 is 0. The maximum atomic E-state index is 13.0. The number of hydrogen-bond acceptors (Lipinski definition) is 4. The fourth-order valence-corrected chi connectivity index (χ4v) is 4.19. The van der Waals surface area contributed by atoms with E-state index in [9.17, 15) is 22.8 Å². The predicted octanol–water partition coefficient (Wildman–Crippen LogP) is 2.90. The molecule has 1 unspecified atom stereocenters. The van der Waals surface area contributed by atoms with Gasteiger partial charge in [-0.2, -0.15) is 18.3 Å². The number of alkyl halides is 3. The molecule has 7 nitrogen and oxygen atoms in total. The molecule has 0 bridgehead atoms. The summed E-state index contributed by atoms with van der Waals surface area (Å²) in [4.78, 5) is 27.4. The number of halogens is 3. The minimum atomic E-state index is -4.36. The second-order valence-corrected chi connectivity index (χ2v) is 7.93. The molecule has 0 aliphatic carbocycles. The number of nitrogens with zero attached hydrogens (tertiary/aromatic N) is 2. The van der Waals surface area contributed by atoms with Crippen LogP contribution in [0.4, 0.5) is 18.9 Å². The molecule has 3 heterocycles. The van der Waals surface area contributed by atoms with E-state index in [-0.39, 0.29) is 24.6 Å². The first-order chi connectivity index (χ1) is 14.7. The van der Waals surface area contributed by atoms with Crippen LogP contribution in [-0.4, -0.2) is 47.4 Å². The van der Waals surface area contributed by atoms with Crippen LogP contribution in [0.15, 0.2) is 24.3 Å². The molecule has 0 saturated heterocycles. The summed E-state index contributed by atoms with van der Waals surface area (Å²) in [5, 5.41) is 9.40. The van der Waals surface area contributed by atoms with Crippen LogP contribution < -0.4 is 10.2 Å². The summed E-state index contributed by atoms with van der Waals surface area (Å²) in [6.07, 6.45) is -4.65. The number of ether oxygens (including phenoxy) is 1. The van der Waals surface area contributed by atoms with Gasteiger partial charge in [0, 0.05) is 24.7 Å². The minimum absolute atomic E-state index is 0.0170. The number of fused-ring (bicyclic) bond motifs is 2. The third-order valence-corrected chi connectivity index (χ3v) is 5.75. The Morgan fingerprint density at radius 2 is 2.13 bits per heavy atom. The van der Waals surface area contributed by atoms with Crippen LogP contribution in [0.2, 0.25) is 0 Å². The van der Waals surface area contributed by atoms with Crippen molar-refractivity contribution in [2.24, 2.45) is 0 Å². The highest BCUT2D eigenvalue weighted by Crippen LogP contribution is 2.30. The number of aromatic nitrogens is 2. The van der Waals surface area contributed by atoms with Crippen molar-refractivity contribution in [3.05, 3.63) is 46.8 Å². The zero-order valence-corrected chi connectivity index (χ0v) is 17.0. The summed E-state index contributed by atoms with van der Waals surface area (Å²) in [6, 6.07) is 6.88. The molecule has 2 aromatic rings. The van der Waals surface area contributed by atoms with Gasteiger partial charge >= 0.3 is 6.18 Å². The third-order valence-electron chi connectivity index (χ3n) is 5.75. The number of amides is 2. The lowest BCUT2D eigenvalue weighted by atomic mass is 9.97. The van der Waals surface area contributed by atoms with E-state index in [1.165, 1.54) is 4.90 Å². The van der Waals surface area contributed by atoms with E-state index in [2.05, 4.69) is 15.5 Å². The van der Waals surface area contributed by atoms with Crippen LogP contribution >= 0.6 is 0 Å². The Kier molecular flexibility index (Phi) is 5.74. The Bertz CT molecular complexity index is 988. The van der Waals surface area contributed by atoms with Crippen molar-refractivity contribution in [2.45, 2.75) is 57.0 Å². The van der Waals surface area contributed by atoms with Crippen LogP contribution in [0.1, 0.15) is 46.6 Å². The quantitative estimate of drug-likeness (QED) is 0.775. The fraction of sp³-hybridized carbons (Fsp3) is 0.476. The molecular formula is C21H23F3N4O3. The molecule has 2 amide bonds. The van der Waals surface area contributed by atoms with Gasteiger partial charge in [-0.25, -0.2) is 0 Å². The molecule has 0 spiro atoms. The molecule has 166 valence electrons. The van der Waals surface area contributed by atoms with Crippen LogP contribution in [-0.2, 0) is 29.0 Å². The molecular weight excluding hydrogens is 413 g/mol. The lowest BCUT2D eigenvalue weighted by Crippen LogP contribution is -2.48. The molecule has 1 aromatic heterocycles. The van der Waals surface area contributed by atoms with Crippen molar-refractivity contribution in [3.8, 4) is 0 Å². The molecule has 0 fully saturated rings. The Morgan fingerprint density at radius 1 is 1.35 bits per heavy atom. The first-order valence-electron chi connectivity index (χ1n) is 10.1. The van der Waals surface area contributed by atoms with Gasteiger partial charge in [0.25, 0.3) is 5.91 Å². The summed E-state index contributed by atoms with van der Waals surface area (Å²) < 4.78 is 43.5. The van der Waals surface area contributed by atoms with Crippen LogP contribution in [0.5, 0.6) is 0 Å². The summed E-state index contributed by atoms with van der Waals surface area (Å²) in [6.45, 7) is -0.0712. The molecule has 2 atom stereocenters. The SMILES string of the molecule is CN1C(=O)[C@@H](NC(=O)c2n[nH]c3c2CC(CC(F)(F)F)OC3)CCCc2ccccc21. The van der Waals surface area contributed by atoms with Gasteiger partial charge in [0.15, 0.2) is 5.69 Å². The van der Waals surface area contributed by atoms with E-state index in [0.717, 1.165) is 17.7 Å². The average molecular weight is 436 g/mol. The highest BCUT2D eigenvalue weighted by Gasteiger charge is 2.37. The van der Waals surface area contributed by atoms with Crippen LogP contribution in [0, 0.1) is 0 Å². The zero-order chi connectivity index (χ0) is 22.2. The first-order valence-corrected chi connectivity index (χ1v) is 10.1.